The van der Waals surface area contributed by atoms with Gasteiger partial charge in [0.25, 0.3) is 0 Å². The standard InChI is InChI=1S/C25H31Cl2N3O6S/c1-5-16(3)28-25(32)21(6-2)29(13-18-19(26)8-7-9-20(18)27)24(31)14-30(37(4,33)34)17-10-11-22-23(12-17)36-15-35-22/h7-12,16,21H,5-6,13-15H2,1-4H3,(H,28,32). The Morgan fingerprint density at radius 3 is 2.30 bits per heavy atom. The van der Waals surface area contributed by atoms with Crippen molar-refractivity contribution in [2.75, 3.05) is 23.9 Å². The summed E-state index contributed by atoms with van der Waals surface area (Å²) >= 11 is 12.8. The molecule has 202 valence electrons. The maximum atomic E-state index is 13.8. The van der Waals surface area contributed by atoms with Crippen molar-refractivity contribution < 1.29 is 27.5 Å². The number of amides is 2. The van der Waals surface area contributed by atoms with E-state index in [1.807, 2.05) is 13.8 Å². The van der Waals surface area contributed by atoms with E-state index in [-0.39, 0.29) is 31.0 Å². The first kappa shape index (κ1) is 28.9. The van der Waals surface area contributed by atoms with Crippen molar-refractivity contribution in [3.63, 3.8) is 0 Å². The van der Waals surface area contributed by atoms with Crippen LogP contribution in [0.1, 0.15) is 39.2 Å². The van der Waals surface area contributed by atoms with E-state index in [2.05, 4.69) is 5.32 Å². The molecule has 0 fully saturated rings. The highest BCUT2D eigenvalue weighted by molar-refractivity contribution is 7.92. The smallest absolute Gasteiger partial charge is 0.244 e. The summed E-state index contributed by atoms with van der Waals surface area (Å²) < 4.78 is 37.2. The molecule has 0 aliphatic carbocycles. The Labute approximate surface area is 227 Å². The third-order valence-corrected chi connectivity index (χ3v) is 7.95. The van der Waals surface area contributed by atoms with E-state index in [4.69, 9.17) is 32.7 Å². The van der Waals surface area contributed by atoms with Crippen molar-refractivity contribution in [2.45, 2.75) is 52.2 Å². The van der Waals surface area contributed by atoms with Crippen LogP contribution in [0.5, 0.6) is 11.5 Å². The van der Waals surface area contributed by atoms with Gasteiger partial charge in [0, 0.05) is 34.3 Å². The Bertz CT molecular complexity index is 1240. The van der Waals surface area contributed by atoms with Crippen LogP contribution < -0.4 is 19.1 Å². The van der Waals surface area contributed by atoms with Gasteiger partial charge >= 0.3 is 0 Å². The molecule has 37 heavy (non-hydrogen) atoms. The molecule has 9 nitrogen and oxygen atoms in total. The highest BCUT2D eigenvalue weighted by Crippen LogP contribution is 2.36. The summed E-state index contributed by atoms with van der Waals surface area (Å²) in [5, 5.41) is 3.58. The lowest BCUT2D eigenvalue weighted by molar-refractivity contribution is -0.140. The predicted molar refractivity (Wildman–Crippen MR) is 144 cm³/mol. The molecule has 0 saturated carbocycles. The van der Waals surface area contributed by atoms with Gasteiger partial charge in [-0.3, -0.25) is 13.9 Å². The van der Waals surface area contributed by atoms with Crippen molar-refractivity contribution in [3.8, 4) is 11.5 Å². The van der Waals surface area contributed by atoms with Crippen molar-refractivity contribution in [1.29, 1.82) is 0 Å². The minimum Gasteiger partial charge on any atom is -0.454 e. The molecule has 1 heterocycles. The van der Waals surface area contributed by atoms with Gasteiger partial charge in [-0.1, -0.05) is 43.1 Å². The van der Waals surface area contributed by atoms with Gasteiger partial charge in [-0.2, -0.15) is 0 Å². The highest BCUT2D eigenvalue weighted by Gasteiger charge is 2.33. The van der Waals surface area contributed by atoms with Crippen molar-refractivity contribution in [1.82, 2.24) is 10.2 Å². The lowest BCUT2D eigenvalue weighted by atomic mass is 10.1. The average molecular weight is 573 g/mol. The molecule has 2 atom stereocenters. The predicted octanol–water partition coefficient (Wildman–Crippen LogP) is 4.21. The molecule has 2 unspecified atom stereocenters. The fraction of sp³-hybridized carbons (Fsp3) is 0.440. The van der Waals surface area contributed by atoms with Crippen molar-refractivity contribution >= 4 is 50.7 Å². The van der Waals surface area contributed by atoms with Crippen LogP contribution >= 0.6 is 23.2 Å². The summed E-state index contributed by atoms with van der Waals surface area (Å²) in [7, 11) is -3.89. The topological polar surface area (TPSA) is 105 Å². The summed E-state index contributed by atoms with van der Waals surface area (Å²) in [6, 6.07) is 8.58. The molecule has 0 saturated heterocycles. The van der Waals surface area contributed by atoms with E-state index < -0.39 is 28.5 Å². The van der Waals surface area contributed by atoms with Gasteiger partial charge in [-0.25, -0.2) is 8.42 Å². The van der Waals surface area contributed by atoms with Crippen LogP contribution in [-0.4, -0.2) is 56.8 Å². The number of nitrogens with zero attached hydrogens (tertiary/aromatic N) is 2. The first-order chi connectivity index (χ1) is 17.5. The monoisotopic (exact) mass is 571 g/mol. The summed E-state index contributed by atoms with van der Waals surface area (Å²) in [5.74, 6) is -0.0865. The maximum absolute atomic E-state index is 13.8. The quantitative estimate of drug-likeness (QED) is 0.433. The minimum atomic E-state index is -3.89. The van der Waals surface area contributed by atoms with Gasteiger partial charge < -0.3 is 19.7 Å². The molecule has 3 rings (SSSR count). The van der Waals surface area contributed by atoms with E-state index in [0.29, 0.717) is 39.9 Å². The number of carbonyl (C=O) groups excluding carboxylic acids is 2. The zero-order chi connectivity index (χ0) is 27.3. The minimum absolute atomic E-state index is 0.0203. The molecule has 0 spiro atoms. The number of ether oxygens (including phenoxy) is 2. The molecule has 1 N–H and O–H groups in total. The number of carbonyl (C=O) groups is 2. The van der Waals surface area contributed by atoms with Crippen LogP contribution in [0.4, 0.5) is 5.69 Å². The fourth-order valence-electron chi connectivity index (χ4n) is 3.87. The third kappa shape index (κ3) is 7.00. The molecular weight excluding hydrogens is 541 g/mol. The molecule has 12 heteroatoms. The number of sulfonamides is 1. The summed E-state index contributed by atoms with van der Waals surface area (Å²) in [5.41, 5.74) is 0.691. The van der Waals surface area contributed by atoms with Crippen molar-refractivity contribution in [2.24, 2.45) is 0 Å². The number of rotatable bonds is 11. The molecule has 0 aromatic heterocycles. The number of hydrogen-bond donors (Lipinski definition) is 1. The van der Waals surface area contributed by atoms with Crippen LogP contribution in [-0.2, 0) is 26.2 Å². The Morgan fingerprint density at radius 2 is 1.70 bits per heavy atom. The van der Waals surface area contributed by atoms with Crippen molar-refractivity contribution in [3.05, 3.63) is 52.0 Å². The van der Waals surface area contributed by atoms with Crippen LogP contribution in [0.25, 0.3) is 0 Å². The zero-order valence-electron chi connectivity index (χ0n) is 21.2. The van der Waals surface area contributed by atoms with Gasteiger partial charge in [-0.05, 0) is 44.0 Å². The molecule has 0 bridgehead atoms. The van der Waals surface area contributed by atoms with E-state index >= 15 is 0 Å². The number of anilines is 1. The third-order valence-electron chi connectivity index (χ3n) is 6.10. The molecule has 2 aromatic rings. The Kier molecular flexibility index (Phi) is 9.55. The second-order valence-corrected chi connectivity index (χ2v) is 11.5. The van der Waals surface area contributed by atoms with Crippen LogP contribution in [0, 0.1) is 0 Å². The Balaban J connectivity index is 1.99. The van der Waals surface area contributed by atoms with Gasteiger partial charge in [0.05, 0.1) is 11.9 Å². The number of halogens is 2. The Hall–Kier alpha value is -2.69. The SMILES string of the molecule is CCC(C)NC(=O)C(CC)N(Cc1c(Cl)cccc1Cl)C(=O)CN(c1ccc2c(c1)OCO2)S(C)(=O)=O. The normalized spacial score (nSPS) is 14.1. The second-order valence-electron chi connectivity index (χ2n) is 8.77. The van der Waals surface area contributed by atoms with E-state index in [1.165, 1.54) is 17.0 Å². The second kappa shape index (κ2) is 12.2. The van der Waals surface area contributed by atoms with Gasteiger partial charge in [0.2, 0.25) is 28.6 Å². The summed E-state index contributed by atoms with van der Waals surface area (Å²) in [6.45, 7) is 4.98. The summed E-state index contributed by atoms with van der Waals surface area (Å²) in [6.07, 6.45) is 2.00. The van der Waals surface area contributed by atoms with Crippen LogP contribution in [0.3, 0.4) is 0 Å². The molecule has 1 aliphatic rings. The molecule has 1 aliphatic heterocycles. The molecule has 2 aromatic carbocycles. The number of nitrogens with one attached hydrogen (secondary N) is 1. The Morgan fingerprint density at radius 1 is 1.05 bits per heavy atom. The van der Waals surface area contributed by atoms with Gasteiger partial charge in [0.15, 0.2) is 11.5 Å². The van der Waals surface area contributed by atoms with Gasteiger partial charge in [-0.15, -0.1) is 0 Å². The van der Waals surface area contributed by atoms with Gasteiger partial charge in [0.1, 0.15) is 12.6 Å². The number of benzene rings is 2. The lowest BCUT2D eigenvalue weighted by Crippen LogP contribution is -2.53. The first-order valence-electron chi connectivity index (χ1n) is 11.9. The van der Waals surface area contributed by atoms with E-state index in [1.54, 1.807) is 31.2 Å². The van der Waals surface area contributed by atoms with Crippen LogP contribution in [0.2, 0.25) is 10.0 Å². The summed E-state index contributed by atoms with van der Waals surface area (Å²) in [4.78, 5) is 28.3. The zero-order valence-corrected chi connectivity index (χ0v) is 23.5. The maximum Gasteiger partial charge on any atom is 0.244 e. The molecular formula is C25H31Cl2N3O6S. The number of hydrogen-bond acceptors (Lipinski definition) is 6. The molecule has 0 radical (unpaired) electrons. The van der Waals surface area contributed by atoms with E-state index in [9.17, 15) is 18.0 Å². The lowest BCUT2D eigenvalue weighted by Gasteiger charge is -2.33. The highest BCUT2D eigenvalue weighted by atomic mass is 35.5. The van der Waals surface area contributed by atoms with E-state index in [0.717, 1.165) is 10.6 Å². The fourth-order valence-corrected chi connectivity index (χ4v) is 5.23. The number of fused-ring (bicyclic) bond motifs is 1. The molecule has 2 amide bonds. The largest absolute Gasteiger partial charge is 0.454 e. The first-order valence-corrected chi connectivity index (χ1v) is 14.5. The van der Waals surface area contributed by atoms with Crippen LogP contribution in [0.15, 0.2) is 36.4 Å². The average Bonchev–Trinajstić information content (AvgIpc) is 3.31.